The van der Waals surface area contributed by atoms with E-state index in [4.69, 9.17) is 37.1 Å². The first-order valence-electron chi connectivity index (χ1n) is 8.82. The Hall–Kier alpha value is -2.95. The van der Waals surface area contributed by atoms with E-state index in [1.54, 1.807) is 49.6 Å². The minimum Gasteiger partial charge on any atom is -0.497 e. The molecule has 0 atom stereocenters. The Balaban J connectivity index is 1.60. The summed E-state index contributed by atoms with van der Waals surface area (Å²) in [4.78, 5) is 12.9. The second kappa shape index (κ2) is 8.19. The van der Waals surface area contributed by atoms with Gasteiger partial charge in [-0.05, 0) is 42.0 Å². The van der Waals surface area contributed by atoms with Crippen molar-refractivity contribution in [3.63, 3.8) is 0 Å². The second-order valence-electron chi connectivity index (χ2n) is 6.39. The fourth-order valence-corrected chi connectivity index (χ4v) is 3.43. The highest BCUT2D eigenvalue weighted by atomic mass is 35.5. The highest BCUT2D eigenvalue weighted by Gasteiger charge is 2.11. The monoisotopic (exact) mass is 426 g/mol. The zero-order valence-corrected chi connectivity index (χ0v) is 17.0. The number of benzene rings is 3. The van der Waals surface area contributed by atoms with E-state index in [-0.39, 0.29) is 12.0 Å². The van der Waals surface area contributed by atoms with Crippen LogP contribution in [0.4, 0.5) is 0 Å². The molecule has 0 bridgehead atoms. The lowest BCUT2D eigenvalue weighted by Crippen LogP contribution is -2.05. The van der Waals surface area contributed by atoms with E-state index in [0.29, 0.717) is 32.3 Å². The summed E-state index contributed by atoms with van der Waals surface area (Å²) in [6.07, 6.45) is 1.46. The summed E-state index contributed by atoms with van der Waals surface area (Å²) in [5, 5.41) is 1.59. The Morgan fingerprint density at radius 2 is 1.69 bits per heavy atom. The van der Waals surface area contributed by atoms with Gasteiger partial charge in [-0.15, -0.1) is 0 Å². The van der Waals surface area contributed by atoms with E-state index >= 15 is 0 Å². The Labute approximate surface area is 177 Å². The zero-order chi connectivity index (χ0) is 20.4. The molecule has 146 valence electrons. The predicted octanol–water partition coefficient (Wildman–Crippen LogP) is 6.35. The normalized spacial score (nSPS) is 10.9. The maximum Gasteiger partial charge on any atom is 0.200 e. The predicted molar refractivity (Wildman–Crippen MR) is 115 cm³/mol. The molecule has 1 aromatic heterocycles. The van der Waals surface area contributed by atoms with Crippen molar-refractivity contribution in [1.82, 2.24) is 0 Å². The molecule has 0 saturated heterocycles. The van der Waals surface area contributed by atoms with E-state index in [1.807, 2.05) is 18.2 Å². The van der Waals surface area contributed by atoms with Gasteiger partial charge < -0.3 is 13.9 Å². The van der Waals surface area contributed by atoms with Gasteiger partial charge in [0.1, 0.15) is 30.0 Å². The van der Waals surface area contributed by atoms with E-state index < -0.39 is 0 Å². The van der Waals surface area contributed by atoms with E-state index in [2.05, 4.69) is 0 Å². The summed E-state index contributed by atoms with van der Waals surface area (Å²) in [6, 6.07) is 17.6. The van der Waals surface area contributed by atoms with Crippen LogP contribution in [0.25, 0.3) is 22.1 Å². The first-order valence-corrected chi connectivity index (χ1v) is 9.57. The smallest absolute Gasteiger partial charge is 0.200 e. The molecule has 0 amide bonds. The van der Waals surface area contributed by atoms with Crippen LogP contribution in [-0.4, -0.2) is 7.11 Å². The summed E-state index contributed by atoms with van der Waals surface area (Å²) in [5.41, 5.74) is 2.41. The molecule has 0 aliphatic carbocycles. The van der Waals surface area contributed by atoms with Crippen molar-refractivity contribution in [1.29, 1.82) is 0 Å². The summed E-state index contributed by atoms with van der Waals surface area (Å²) in [5.74, 6) is 1.30. The average Bonchev–Trinajstić information content (AvgIpc) is 2.73. The van der Waals surface area contributed by atoms with Gasteiger partial charge in [0, 0.05) is 21.7 Å². The third-order valence-corrected chi connectivity index (χ3v) is 5.14. The van der Waals surface area contributed by atoms with Crippen molar-refractivity contribution in [3.05, 3.63) is 92.8 Å². The van der Waals surface area contributed by atoms with Crippen molar-refractivity contribution < 1.29 is 13.9 Å². The molecule has 0 spiro atoms. The number of rotatable bonds is 5. The van der Waals surface area contributed by atoms with Gasteiger partial charge in [-0.1, -0.05) is 41.4 Å². The van der Waals surface area contributed by atoms with Crippen LogP contribution in [-0.2, 0) is 6.61 Å². The third kappa shape index (κ3) is 4.09. The van der Waals surface area contributed by atoms with Crippen LogP contribution in [0.15, 0.2) is 76.1 Å². The Morgan fingerprint density at radius 3 is 2.41 bits per heavy atom. The molecule has 6 heteroatoms. The van der Waals surface area contributed by atoms with Crippen LogP contribution in [0.3, 0.4) is 0 Å². The Bertz CT molecular complexity index is 1230. The van der Waals surface area contributed by atoms with Crippen LogP contribution in [0.5, 0.6) is 11.5 Å². The van der Waals surface area contributed by atoms with Gasteiger partial charge in [-0.3, -0.25) is 4.79 Å². The molecule has 1 heterocycles. The number of fused-ring (bicyclic) bond motifs is 1. The summed E-state index contributed by atoms with van der Waals surface area (Å²) in [6.45, 7) is 0.273. The van der Waals surface area contributed by atoms with E-state index in [0.717, 1.165) is 16.9 Å². The highest BCUT2D eigenvalue weighted by molar-refractivity contribution is 6.35. The number of hydrogen-bond acceptors (Lipinski definition) is 4. The molecular weight excluding hydrogens is 411 g/mol. The van der Waals surface area contributed by atoms with Crippen molar-refractivity contribution in [2.45, 2.75) is 6.61 Å². The molecule has 0 aliphatic heterocycles. The van der Waals surface area contributed by atoms with Crippen molar-refractivity contribution in [3.8, 4) is 22.6 Å². The van der Waals surface area contributed by atoms with Crippen LogP contribution in [0.1, 0.15) is 5.56 Å². The van der Waals surface area contributed by atoms with Gasteiger partial charge in [0.15, 0.2) is 5.43 Å². The lowest BCUT2D eigenvalue weighted by Gasteiger charge is -2.09. The summed E-state index contributed by atoms with van der Waals surface area (Å²) >= 11 is 12.1. The lowest BCUT2D eigenvalue weighted by atomic mass is 10.1. The minimum atomic E-state index is -0.108. The highest BCUT2D eigenvalue weighted by Crippen LogP contribution is 2.26. The second-order valence-corrected chi connectivity index (χ2v) is 7.23. The van der Waals surface area contributed by atoms with Crippen LogP contribution < -0.4 is 14.9 Å². The Morgan fingerprint density at radius 1 is 0.931 bits per heavy atom. The number of ether oxygens (including phenoxy) is 2. The zero-order valence-electron chi connectivity index (χ0n) is 15.4. The molecule has 4 aromatic rings. The van der Waals surface area contributed by atoms with Gasteiger partial charge in [0.2, 0.25) is 0 Å². The number of halogens is 2. The average molecular weight is 427 g/mol. The fourth-order valence-electron chi connectivity index (χ4n) is 2.97. The summed E-state index contributed by atoms with van der Waals surface area (Å²) < 4.78 is 16.7. The minimum absolute atomic E-state index is 0.108. The van der Waals surface area contributed by atoms with Crippen molar-refractivity contribution in [2.75, 3.05) is 7.11 Å². The molecule has 0 saturated carbocycles. The lowest BCUT2D eigenvalue weighted by molar-refractivity contribution is 0.306. The standard InChI is InChI=1S/C23H16Cl2O4/c1-27-17-6-3-14(4-7-17)20-13-29-22-11-18(8-9-19(22)23(20)26)28-12-15-2-5-16(24)10-21(15)25/h2-11,13H,12H2,1H3. The van der Waals surface area contributed by atoms with Crippen LogP contribution in [0, 0.1) is 0 Å². The molecule has 29 heavy (non-hydrogen) atoms. The van der Waals surface area contributed by atoms with Gasteiger partial charge in [-0.25, -0.2) is 0 Å². The fraction of sp³-hybridized carbons (Fsp3) is 0.0870. The maximum atomic E-state index is 12.9. The quantitative estimate of drug-likeness (QED) is 0.372. The third-order valence-electron chi connectivity index (χ3n) is 4.56. The van der Waals surface area contributed by atoms with Gasteiger partial charge in [0.25, 0.3) is 0 Å². The molecule has 0 aliphatic rings. The Kier molecular flexibility index (Phi) is 5.47. The number of hydrogen-bond donors (Lipinski definition) is 0. The molecule has 0 N–H and O–H groups in total. The molecule has 0 radical (unpaired) electrons. The largest absolute Gasteiger partial charge is 0.497 e. The van der Waals surface area contributed by atoms with Crippen molar-refractivity contribution in [2.24, 2.45) is 0 Å². The van der Waals surface area contributed by atoms with Gasteiger partial charge >= 0.3 is 0 Å². The molecule has 3 aromatic carbocycles. The number of methoxy groups -OCH3 is 1. The van der Waals surface area contributed by atoms with Gasteiger partial charge in [-0.2, -0.15) is 0 Å². The first-order chi connectivity index (χ1) is 14.0. The van der Waals surface area contributed by atoms with Crippen molar-refractivity contribution >= 4 is 34.2 Å². The molecule has 0 fully saturated rings. The molecule has 4 nitrogen and oxygen atoms in total. The summed E-state index contributed by atoms with van der Waals surface area (Å²) in [7, 11) is 1.60. The molecular formula is C23H16Cl2O4. The van der Waals surface area contributed by atoms with Crippen LogP contribution in [0.2, 0.25) is 10.0 Å². The molecule has 0 unspecified atom stereocenters. The van der Waals surface area contributed by atoms with E-state index in [9.17, 15) is 4.79 Å². The van der Waals surface area contributed by atoms with Crippen LogP contribution >= 0.6 is 23.2 Å². The SMILES string of the molecule is COc1ccc(-c2coc3cc(OCc4ccc(Cl)cc4Cl)ccc3c2=O)cc1. The van der Waals surface area contributed by atoms with E-state index in [1.165, 1.54) is 6.26 Å². The molecule has 4 rings (SSSR count). The topological polar surface area (TPSA) is 48.7 Å². The first kappa shape index (κ1) is 19.4. The maximum absolute atomic E-state index is 12.9. The van der Waals surface area contributed by atoms with Gasteiger partial charge in [0.05, 0.1) is 18.1 Å².